The molecule has 2 aromatic carbocycles. The minimum absolute atomic E-state index is 0.0123. The van der Waals surface area contributed by atoms with Gasteiger partial charge in [0, 0.05) is 18.7 Å². The van der Waals surface area contributed by atoms with E-state index in [0.29, 0.717) is 35.4 Å². The molecule has 0 aliphatic heterocycles. The molecule has 5 nitrogen and oxygen atoms in total. The standard InChI is InChI=1S/C27H35N3O2/c1-5-8-9-12-19-30(26(31)22-17-15-21(6-2)16-18-22)20(4)25-28-24-14-11-10-13-23(24)27(32)29(25)7-3/h10-11,13-18,20H,5-9,12,19H2,1-4H3. The van der Waals surface area contributed by atoms with Gasteiger partial charge < -0.3 is 4.90 Å². The maximum atomic E-state index is 13.6. The highest BCUT2D eigenvalue weighted by atomic mass is 16.2. The summed E-state index contributed by atoms with van der Waals surface area (Å²) in [5.74, 6) is 0.631. The van der Waals surface area contributed by atoms with Crippen molar-refractivity contribution in [1.29, 1.82) is 0 Å². The minimum atomic E-state index is -0.313. The summed E-state index contributed by atoms with van der Waals surface area (Å²) in [5, 5.41) is 0.612. The fourth-order valence-corrected chi connectivity index (χ4v) is 4.18. The summed E-state index contributed by atoms with van der Waals surface area (Å²) in [6.45, 7) is 9.38. The molecule has 0 bridgehead atoms. The number of aromatic nitrogens is 2. The second-order valence-corrected chi connectivity index (χ2v) is 8.32. The molecule has 0 saturated heterocycles. The van der Waals surface area contributed by atoms with Crippen LogP contribution in [-0.2, 0) is 13.0 Å². The summed E-state index contributed by atoms with van der Waals surface area (Å²) in [6, 6.07) is 15.0. The lowest BCUT2D eigenvalue weighted by Crippen LogP contribution is -2.38. The first kappa shape index (κ1) is 23.7. The normalized spacial score (nSPS) is 12.1. The van der Waals surface area contributed by atoms with Crippen molar-refractivity contribution in [2.75, 3.05) is 6.54 Å². The predicted octanol–water partition coefficient (Wildman–Crippen LogP) is 5.76. The molecule has 0 aliphatic carbocycles. The Hall–Kier alpha value is -2.95. The predicted molar refractivity (Wildman–Crippen MR) is 131 cm³/mol. The molecule has 3 rings (SSSR count). The van der Waals surface area contributed by atoms with Gasteiger partial charge in [0.2, 0.25) is 0 Å². The third kappa shape index (κ3) is 5.09. The van der Waals surface area contributed by atoms with Gasteiger partial charge in [-0.15, -0.1) is 0 Å². The first-order chi connectivity index (χ1) is 15.5. The van der Waals surface area contributed by atoms with Gasteiger partial charge in [0.25, 0.3) is 11.5 Å². The van der Waals surface area contributed by atoms with Gasteiger partial charge in [0.1, 0.15) is 5.82 Å². The minimum Gasteiger partial charge on any atom is -0.329 e. The third-order valence-corrected chi connectivity index (χ3v) is 6.17. The molecule has 32 heavy (non-hydrogen) atoms. The molecule has 1 unspecified atom stereocenters. The van der Waals surface area contributed by atoms with Gasteiger partial charge in [0.15, 0.2) is 0 Å². The summed E-state index contributed by atoms with van der Waals surface area (Å²) >= 11 is 0. The van der Waals surface area contributed by atoms with Gasteiger partial charge in [-0.25, -0.2) is 4.98 Å². The average Bonchev–Trinajstić information content (AvgIpc) is 2.83. The van der Waals surface area contributed by atoms with Crippen LogP contribution in [0.15, 0.2) is 53.3 Å². The van der Waals surface area contributed by atoms with Gasteiger partial charge in [-0.2, -0.15) is 0 Å². The fraction of sp³-hybridized carbons (Fsp3) is 0.444. The van der Waals surface area contributed by atoms with Crippen LogP contribution in [0.4, 0.5) is 0 Å². The van der Waals surface area contributed by atoms with Crippen LogP contribution in [-0.4, -0.2) is 26.9 Å². The summed E-state index contributed by atoms with van der Waals surface area (Å²) in [7, 11) is 0. The summed E-state index contributed by atoms with van der Waals surface area (Å²) in [4.78, 5) is 33.5. The van der Waals surface area contributed by atoms with Crippen molar-refractivity contribution in [3.8, 4) is 0 Å². The van der Waals surface area contributed by atoms with Gasteiger partial charge in [0.05, 0.1) is 16.9 Å². The lowest BCUT2D eigenvalue weighted by molar-refractivity contribution is 0.0675. The summed E-state index contributed by atoms with van der Waals surface area (Å²) in [5.41, 5.74) is 2.51. The van der Waals surface area contributed by atoms with Crippen LogP contribution in [0, 0.1) is 0 Å². The largest absolute Gasteiger partial charge is 0.329 e. The maximum absolute atomic E-state index is 13.6. The van der Waals surface area contributed by atoms with Crippen molar-refractivity contribution in [2.24, 2.45) is 0 Å². The molecule has 0 saturated carbocycles. The first-order valence-electron chi connectivity index (χ1n) is 11.9. The van der Waals surface area contributed by atoms with E-state index in [1.165, 1.54) is 5.56 Å². The molecule has 1 amide bonds. The smallest absolute Gasteiger partial charge is 0.261 e. The van der Waals surface area contributed by atoms with E-state index < -0.39 is 0 Å². The summed E-state index contributed by atoms with van der Waals surface area (Å²) in [6.07, 6.45) is 5.24. The average molecular weight is 434 g/mol. The Morgan fingerprint density at radius 2 is 1.72 bits per heavy atom. The van der Waals surface area contributed by atoms with E-state index in [1.807, 2.05) is 67.3 Å². The molecule has 1 aromatic heterocycles. The van der Waals surface area contributed by atoms with E-state index >= 15 is 0 Å². The van der Waals surface area contributed by atoms with Gasteiger partial charge in [-0.05, 0) is 56.5 Å². The number of carbonyl (C=O) groups excluding carboxylic acids is 1. The maximum Gasteiger partial charge on any atom is 0.261 e. The molecule has 0 radical (unpaired) electrons. The van der Waals surface area contributed by atoms with Crippen LogP contribution in [0.2, 0.25) is 0 Å². The quantitative estimate of drug-likeness (QED) is 0.382. The molecule has 170 valence electrons. The fourth-order valence-electron chi connectivity index (χ4n) is 4.18. The molecule has 3 aromatic rings. The Balaban J connectivity index is 2.01. The lowest BCUT2D eigenvalue weighted by atomic mass is 10.1. The number of rotatable bonds is 10. The van der Waals surface area contributed by atoms with Crippen LogP contribution in [0.25, 0.3) is 10.9 Å². The van der Waals surface area contributed by atoms with Crippen LogP contribution < -0.4 is 5.56 Å². The van der Waals surface area contributed by atoms with Gasteiger partial charge in [-0.3, -0.25) is 14.2 Å². The highest BCUT2D eigenvalue weighted by Gasteiger charge is 2.26. The second-order valence-electron chi connectivity index (χ2n) is 8.32. The molecule has 1 atom stereocenters. The first-order valence-corrected chi connectivity index (χ1v) is 11.9. The molecule has 0 N–H and O–H groups in total. The van der Waals surface area contributed by atoms with E-state index in [1.54, 1.807) is 4.57 Å². The zero-order valence-electron chi connectivity index (χ0n) is 19.8. The Labute approximate surface area is 191 Å². The molecule has 0 aliphatic rings. The van der Waals surface area contributed by atoms with Crippen LogP contribution in [0.1, 0.15) is 81.2 Å². The van der Waals surface area contributed by atoms with E-state index in [2.05, 4.69) is 13.8 Å². The van der Waals surface area contributed by atoms with E-state index in [4.69, 9.17) is 4.98 Å². The zero-order valence-corrected chi connectivity index (χ0v) is 19.8. The summed E-state index contributed by atoms with van der Waals surface area (Å²) < 4.78 is 1.71. The van der Waals surface area contributed by atoms with Crippen molar-refractivity contribution >= 4 is 16.8 Å². The number of para-hydroxylation sites is 1. The van der Waals surface area contributed by atoms with E-state index in [-0.39, 0.29) is 17.5 Å². The van der Waals surface area contributed by atoms with Crippen LogP contribution in [0.5, 0.6) is 0 Å². The van der Waals surface area contributed by atoms with E-state index in [0.717, 1.165) is 32.1 Å². The lowest BCUT2D eigenvalue weighted by Gasteiger charge is -2.30. The molecular formula is C27H35N3O2. The number of unbranched alkanes of at least 4 members (excludes halogenated alkanes) is 3. The monoisotopic (exact) mass is 433 g/mol. The Morgan fingerprint density at radius 1 is 1.00 bits per heavy atom. The number of nitrogens with zero attached hydrogens (tertiary/aromatic N) is 3. The highest BCUT2D eigenvalue weighted by Crippen LogP contribution is 2.23. The number of benzene rings is 2. The van der Waals surface area contributed by atoms with Crippen molar-refractivity contribution in [2.45, 2.75) is 72.4 Å². The zero-order chi connectivity index (χ0) is 23.1. The molecule has 0 fully saturated rings. The molecule has 5 heteroatoms. The third-order valence-electron chi connectivity index (χ3n) is 6.17. The Morgan fingerprint density at radius 3 is 2.38 bits per heavy atom. The second kappa shape index (κ2) is 11.1. The topological polar surface area (TPSA) is 55.2 Å². The number of hydrogen-bond acceptors (Lipinski definition) is 3. The van der Waals surface area contributed by atoms with Crippen LogP contribution >= 0.6 is 0 Å². The number of carbonyl (C=O) groups is 1. The van der Waals surface area contributed by atoms with Gasteiger partial charge >= 0.3 is 0 Å². The Bertz CT molecular complexity index is 1100. The SMILES string of the molecule is CCCCCCN(C(=O)c1ccc(CC)cc1)C(C)c1nc2ccccc2c(=O)n1CC. The molecule has 0 spiro atoms. The van der Waals surface area contributed by atoms with Crippen molar-refractivity contribution in [1.82, 2.24) is 14.5 Å². The van der Waals surface area contributed by atoms with Crippen molar-refractivity contribution < 1.29 is 4.79 Å². The number of fused-ring (bicyclic) bond motifs is 1. The number of hydrogen-bond donors (Lipinski definition) is 0. The van der Waals surface area contributed by atoms with Crippen LogP contribution in [0.3, 0.4) is 0 Å². The van der Waals surface area contributed by atoms with Gasteiger partial charge in [-0.1, -0.05) is 57.4 Å². The Kier molecular flexibility index (Phi) is 8.20. The van der Waals surface area contributed by atoms with Crippen molar-refractivity contribution in [3.63, 3.8) is 0 Å². The molecular weight excluding hydrogens is 398 g/mol. The number of aryl methyl sites for hydroxylation is 1. The number of amides is 1. The van der Waals surface area contributed by atoms with Crippen molar-refractivity contribution in [3.05, 3.63) is 75.8 Å². The molecule has 1 heterocycles. The highest BCUT2D eigenvalue weighted by molar-refractivity contribution is 5.94. The van der Waals surface area contributed by atoms with E-state index in [9.17, 15) is 9.59 Å².